The molecule has 1 aromatic heterocycles. The molecule has 0 fully saturated rings. The molecule has 94 valence electrons. The maximum atomic E-state index is 11.9. The highest BCUT2D eigenvalue weighted by Gasteiger charge is 2.14. The van der Waals surface area contributed by atoms with E-state index < -0.39 is 5.91 Å². The van der Waals surface area contributed by atoms with Gasteiger partial charge in [0.1, 0.15) is 17.5 Å². The molecule has 0 bridgehead atoms. The highest BCUT2D eigenvalue weighted by atomic mass is 35.5. The summed E-state index contributed by atoms with van der Waals surface area (Å²) in [5.74, 6) is -0.137. The lowest BCUT2D eigenvalue weighted by Gasteiger charge is -2.14. The van der Waals surface area contributed by atoms with Crippen LogP contribution in [0.2, 0.25) is 5.02 Å². The third kappa shape index (κ3) is 3.47. The largest absolute Gasteiger partial charge is 0.380 e. The van der Waals surface area contributed by atoms with Crippen LogP contribution in [-0.2, 0) is 4.79 Å². The number of rotatable bonds is 3. The molecule has 18 heavy (non-hydrogen) atoms. The molecule has 1 heterocycles. The van der Waals surface area contributed by atoms with Crippen molar-refractivity contribution >= 4 is 23.3 Å². The van der Waals surface area contributed by atoms with E-state index in [0.29, 0.717) is 16.5 Å². The van der Waals surface area contributed by atoms with Gasteiger partial charge in [0, 0.05) is 26.0 Å². The third-order valence-corrected chi connectivity index (χ3v) is 2.56. The monoisotopic (exact) mass is 264 g/mol. The Bertz CT molecular complexity index is 514. The van der Waals surface area contributed by atoms with Crippen molar-refractivity contribution in [2.75, 3.05) is 19.4 Å². The Labute approximate surface area is 111 Å². The van der Waals surface area contributed by atoms with Gasteiger partial charge >= 0.3 is 0 Å². The zero-order valence-electron chi connectivity index (χ0n) is 10.4. The van der Waals surface area contributed by atoms with Crippen LogP contribution in [0.25, 0.3) is 0 Å². The maximum absolute atomic E-state index is 11.9. The molecule has 6 heteroatoms. The van der Waals surface area contributed by atoms with E-state index in [1.807, 2.05) is 6.07 Å². The van der Waals surface area contributed by atoms with E-state index in [1.165, 1.54) is 6.20 Å². The van der Waals surface area contributed by atoms with Gasteiger partial charge in [-0.15, -0.1) is 0 Å². The van der Waals surface area contributed by atoms with Crippen LogP contribution >= 0.6 is 11.6 Å². The lowest BCUT2D eigenvalue weighted by Crippen LogP contribution is -2.20. The molecular weight excluding hydrogens is 252 g/mol. The number of hydrogen-bond donors (Lipinski definition) is 1. The average Bonchev–Trinajstić information content (AvgIpc) is 2.32. The molecule has 0 aliphatic rings. The Hall–Kier alpha value is -2.06. The number of halogens is 1. The summed E-state index contributed by atoms with van der Waals surface area (Å²) in [7, 11) is 3.53. The van der Waals surface area contributed by atoms with Crippen LogP contribution in [0.15, 0.2) is 29.6 Å². The van der Waals surface area contributed by atoms with Gasteiger partial charge in [0.25, 0.3) is 5.91 Å². The fraction of sp³-hybridized carbons (Fsp3) is 0.250. The van der Waals surface area contributed by atoms with Gasteiger partial charge in [-0.05, 0) is 19.1 Å². The van der Waals surface area contributed by atoms with Crippen LogP contribution in [0.4, 0.5) is 5.82 Å². The van der Waals surface area contributed by atoms with Crippen LogP contribution in [-0.4, -0.2) is 29.9 Å². The van der Waals surface area contributed by atoms with E-state index in [9.17, 15) is 4.79 Å². The van der Waals surface area contributed by atoms with E-state index in [4.69, 9.17) is 16.9 Å². The van der Waals surface area contributed by atoms with Crippen molar-refractivity contribution < 1.29 is 4.79 Å². The first kappa shape index (κ1) is 14.0. The number of nitrogens with zero attached hydrogens (tertiary/aromatic N) is 3. The molecule has 0 aliphatic carbocycles. The molecule has 5 nitrogen and oxygen atoms in total. The number of carbonyl (C=O) groups excluding carboxylic acids is 1. The smallest absolute Gasteiger partial charge is 0.269 e. The van der Waals surface area contributed by atoms with Gasteiger partial charge in [-0.25, -0.2) is 4.98 Å². The predicted octanol–water partition coefficient (Wildman–Crippen LogP) is 2.03. The molecule has 0 spiro atoms. The number of pyridine rings is 1. The summed E-state index contributed by atoms with van der Waals surface area (Å²) in [4.78, 5) is 17.5. The molecule has 1 amide bonds. The summed E-state index contributed by atoms with van der Waals surface area (Å²) in [5, 5.41) is 12.0. The second-order valence-electron chi connectivity index (χ2n) is 3.78. The molecule has 0 aliphatic heterocycles. The maximum Gasteiger partial charge on any atom is 0.269 e. The van der Waals surface area contributed by atoms with E-state index in [0.717, 1.165) is 0 Å². The van der Waals surface area contributed by atoms with Crippen LogP contribution in [0.1, 0.15) is 6.92 Å². The Balaban J connectivity index is 2.92. The van der Waals surface area contributed by atoms with Crippen LogP contribution in [0, 0.1) is 11.3 Å². The number of allylic oxidation sites excluding steroid dienone is 1. The van der Waals surface area contributed by atoms with Crippen molar-refractivity contribution in [3.63, 3.8) is 0 Å². The number of amides is 1. The SMILES string of the molecule is CC(=C(C#N)C(=O)Nc1ccc(Cl)cn1)N(C)C. The molecular formula is C12H13ClN4O. The number of nitriles is 1. The quantitative estimate of drug-likeness (QED) is 0.670. The van der Waals surface area contributed by atoms with Crippen molar-refractivity contribution in [3.05, 3.63) is 34.6 Å². The Kier molecular flexibility index (Phi) is 4.69. The first-order valence-corrected chi connectivity index (χ1v) is 5.54. The third-order valence-electron chi connectivity index (χ3n) is 2.34. The minimum absolute atomic E-state index is 0.0525. The van der Waals surface area contributed by atoms with Crippen molar-refractivity contribution in [2.24, 2.45) is 0 Å². The second-order valence-corrected chi connectivity index (χ2v) is 4.22. The summed E-state index contributed by atoms with van der Waals surface area (Å²) in [6.07, 6.45) is 1.42. The van der Waals surface area contributed by atoms with Crippen molar-refractivity contribution in [1.29, 1.82) is 5.26 Å². The average molecular weight is 265 g/mol. The zero-order chi connectivity index (χ0) is 13.7. The Morgan fingerprint density at radius 2 is 2.17 bits per heavy atom. The number of hydrogen-bond acceptors (Lipinski definition) is 4. The van der Waals surface area contributed by atoms with E-state index in [-0.39, 0.29) is 5.57 Å². The summed E-state index contributed by atoms with van der Waals surface area (Å²) in [5.41, 5.74) is 0.640. The van der Waals surface area contributed by atoms with Crippen molar-refractivity contribution in [1.82, 2.24) is 9.88 Å². The van der Waals surface area contributed by atoms with Crippen LogP contribution in [0.5, 0.6) is 0 Å². The second kappa shape index (κ2) is 6.03. The van der Waals surface area contributed by atoms with Gasteiger partial charge in [0.2, 0.25) is 0 Å². The summed E-state index contributed by atoms with van der Waals surface area (Å²) in [6, 6.07) is 5.07. The minimum Gasteiger partial charge on any atom is -0.380 e. The minimum atomic E-state index is -0.487. The lowest BCUT2D eigenvalue weighted by molar-refractivity contribution is -0.112. The van der Waals surface area contributed by atoms with E-state index in [2.05, 4.69) is 10.3 Å². The van der Waals surface area contributed by atoms with E-state index >= 15 is 0 Å². The Morgan fingerprint density at radius 3 is 2.61 bits per heavy atom. The summed E-state index contributed by atoms with van der Waals surface area (Å²) in [6.45, 7) is 1.70. The predicted molar refractivity (Wildman–Crippen MR) is 69.9 cm³/mol. The standard InChI is InChI=1S/C12H13ClN4O/c1-8(17(2)3)10(6-14)12(18)16-11-5-4-9(13)7-15-11/h4-5,7H,1-3H3,(H,15,16,18). The molecule has 0 aromatic carbocycles. The Morgan fingerprint density at radius 1 is 1.50 bits per heavy atom. The molecule has 0 unspecified atom stereocenters. The summed E-state index contributed by atoms with van der Waals surface area (Å²) < 4.78 is 0. The fourth-order valence-corrected chi connectivity index (χ4v) is 1.26. The van der Waals surface area contributed by atoms with Gasteiger partial charge in [-0.3, -0.25) is 4.79 Å². The molecule has 1 N–H and O–H groups in total. The molecule has 1 aromatic rings. The van der Waals surface area contributed by atoms with Crippen LogP contribution in [0.3, 0.4) is 0 Å². The fourth-order valence-electron chi connectivity index (χ4n) is 1.15. The zero-order valence-corrected chi connectivity index (χ0v) is 11.1. The van der Waals surface area contributed by atoms with Crippen molar-refractivity contribution in [3.8, 4) is 6.07 Å². The first-order chi connectivity index (χ1) is 8.45. The normalized spacial score (nSPS) is 11.3. The topological polar surface area (TPSA) is 69.0 Å². The summed E-state index contributed by atoms with van der Waals surface area (Å²) >= 11 is 5.69. The molecule has 1 rings (SSSR count). The lowest BCUT2D eigenvalue weighted by atomic mass is 10.2. The van der Waals surface area contributed by atoms with Gasteiger partial charge in [0.05, 0.1) is 5.02 Å². The van der Waals surface area contributed by atoms with Gasteiger partial charge in [0.15, 0.2) is 0 Å². The van der Waals surface area contributed by atoms with Gasteiger partial charge in [-0.2, -0.15) is 5.26 Å². The first-order valence-electron chi connectivity index (χ1n) is 5.17. The van der Waals surface area contributed by atoms with Crippen molar-refractivity contribution in [2.45, 2.75) is 6.92 Å². The van der Waals surface area contributed by atoms with Gasteiger partial charge < -0.3 is 10.2 Å². The number of aromatic nitrogens is 1. The molecule has 0 atom stereocenters. The molecule has 0 saturated carbocycles. The number of anilines is 1. The molecule has 0 saturated heterocycles. The molecule has 0 radical (unpaired) electrons. The number of nitrogens with one attached hydrogen (secondary N) is 1. The highest BCUT2D eigenvalue weighted by molar-refractivity contribution is 6.30. The van der Waals surface area contributed by atoms with E-state index in [1.54, 1.807) is 38.1 Å². The highest BCUT2D eigenvalue weighted by Crippen LogP contribution is 2.12. The van der Waals surface area contributed by atoms with Gasteiger partial charge in [-0.1, -0.05) is 11.6 Å². The van der Waals surface area contributed by atoms with Crippen LogP contribution < -0.4 is 5.32 Å². The number of carbonyl (C=O) groups is 1.